The van der Waals surface area contributed by atoms with E-state index in [4.69, 9.17) is 34.5 Å². The molecule has 7 aromatic rings. The molecule has 6 N–H and O–H groups in total. The molecule has 0 unspecified atom stereocenters. The van der Waals surface area contributed by atoms with Gasteiger partial charge in [-0.3, -0.25) is 39.1 Å². The normalized spacial score (nSPS) is 14.4. The van der Waals surface area contributed by atoms with Crippen molar-refractivity contribution < 1.29 is 84.3 Å². The number of piperazine rings is 2. The number of sulfonamides is 2. The minimum atomic E-state index is -4.59. The topological polar surface area (TPSA) is 337 Å². The number of hydroxylamine groups is 3. The van der Waals surface area contributed by atoms with E-state index in [9.17, 15) is 50.8 Å². The Morgan fingerprint density at radius 1 is 0.451 bits per heavy atom. The third kappa shape index (κ3) is 22.2. The van der Waals surface area contributed by atoms with Gasteiger partial charge in [0.2, 0.25) is 0 Å². The molecular weight excluding hydrogens is 1360 g/mol. The molecule has 2 heterocycles. The van der Waals surface area contributed by atoms with Crippen molar-refractivity contribution in [3.8, 4) is 22.3 Å². The Morgan fingerprint density at radius 3 is 1.22 bits per heavy atom. The van der Waals surface area contributed by atoms with E-state index in [0.29, 0.717) is 85.5 Å². The number of hydrogen-bond acceptors (Lipinski definition) is 21. The van der Waals surface area contributed by atoms with Gasteiger partial charge < -0.3 is 44.2 Å². The van der Waals surface area contributed by atoms with Gasteiger partial charge in [-0.2, -0.15) is 5.90 Å². The summed E-state index contributed by atoms with van der Waals surface area (Å²) >= 11 is 0. The van der Waals surface area contributed by atoms with Gasteiger partial charge in [-0.05, 0) is 88.7 Å². The highest BCUT2D eigenvalue weighted by Gasteiger charge is 2.40. The molecule has 2 aliphatic rings. The van der Waals surface area contributed by atoms with Gasteiger partial charge in [0.25, 0.3) is 37.8 Å². The van der Waals surface area contributed by atoms with Crippen LogP contribution in [0.3, 0.4) is 0 Å². The molecule has 2 fully saturated rings. The van der Waals surface area contributed by atoms with Gasteiger partial charge >= 0.3 is 18.2 Å². The minimum absolute atomic E-state index is 0.0197. The van der Waals surface area contributed by atoms with Gasteiger partial charge in [0.1, 0.15) is 19.3 Å². The van der Waals surface area contributed by atoms with Crippen molar-refractivity contribution >= 4 is 55.9 Å². The van der Waals surface area contributed by atoms with Crippen LogP contribution >= 0.6 is 0 Å². The number of benzene rings is 7. The molecule has 0 bridgehead atoms. The number of nitrogens with two attached hydrogens (primary N) is 1. The van der Waals surface area contributed by atoms with E-state index in [-0.39, 0.29) is 100 Å². The van der Waals surface area contributed by atoms with E-state index in [0.717, 1.165) is 33.4 Å². The van der Waals surface area contributed by atoms with Crippen LogP contribution in [-0.2, 0) is 76.3 Å². The zero-order valence-electron chi connectivity index (χ0n) is 56.2. The first-order chi connectivity index (χ1) is 49.5. The Kier molecular flexibility index (Phi) is 29.3. The van der Waals surface area contributed by atoms with E-state index in [1.807, 2.05) is 72.8 Å². The quantitative estimate of drug-likeness (QED) is 0.0168. The Bertz CT molecular complexity index is 3790. The molecule has 102 heavy (non-hydrogen) atoms. The minimum Gasteiger partial charge on any atom is -0.445 e. The lowest BCUT2D eigenvalue weighted by Gasteiger charge is -2.35. The van der Waals surface area contributed by atoms with Crippen molar-refractivity contribution in [3.05, 3.63) is 216 Å². The number of carbonyl (C=O) groups is 6. The summed E-state index contributed by atoms with van der Waals surface area (Å²) in [6, 6.07) is 52.0. The number of alkyl carbamates (subject to hydrolysis) is 2. The molecule has 0 aromatic heterocycles. The van der Waals surface area contributed by atoms with Gasteiger partial charge in [-0.1, -0.05) is 161 Å². The molecule has 30 heteroatoms. The summed E-state index contributed by atoms with van der Waals surface area (Å²) in [4.78, 5) is 103. The smallest absolute Gasteiger partial charge is 0.407 e. The number of nitrogens with one attached hydrogen (secondary N) is 3. The number of amides is 5. The van der Waals surface area contributed by atoms with Crippen LogP contribution in [0, 0.1) is 0 Å². The SMILES string of the molecule is NOC(=O)[C@@H](CCNC(=O)OCc1ccccc1)N(OCCOCCN1CCN(C(=O)c2cccc(C(=O)N3CCN(CCOCCON([C@H](CCNC(=O)OCc4ccccc4)C(=O)NO)S(=O)(=O)c4ccc(-c5ccccc5)cc4)CC3)c2)CC1)S(=O)(=O)c1ccc(-c2ccccc2)cc1. The maximum absolute atomic E-state index is 14.3. The van der Waals surface area contributed by atoms with Crippen LogP contribution in [0.15, 0.2) is 204 Å². The number of nitrogens with zero attached hydrogens (tertiary/aromatic N) is 6. The van der Waals surface area contributed by atoms with Crippen LogP contribution in [0.25, 0.3) is 22.3 Å². The summed E-state index contributed by atoms with van der Waals surface area (Å²) in [5.41, 5.74) is 6.95. The first kappa shape index (κ1) is 76.6. The molecule has 0 aliphatic carbocycles. The first-order valence-corrected chi connectivity index (χ1v) is 36.1. The summed E-state index contributed by atoms with van der Waals surface area (Å²) in [6.45, 7) is 3.72. The molecule has 2 atom stereocenters. The predicted octanol–water partition coefficient (Wildman–Crippen LogP) is 6.11. The highest BCUT2D eigenvalue weighted by Crippen LogP contribution is 2.28. The van der Waals surface area contributed by atoms with E-state index in [1.165, 1.54) is 29.7 Å². The largest absolute Gasteiger partial charge is 0.445 e. The molecule has 9 rings (SSSR count). The summed E-state index contributed by atoms with van der Waals surface area (Å²) < 4.78 is 80.6. The maximum atomic E-state index is 14.3. The molecule has 0 spiro atoms. The third-order valence-corrected chi connectivity index (χ3v) is 20.2. The lowest BCUT2D eigenvalue weighted by molar-refractivity contribution is -0.172. The van der Waals surface area contributed by atoms with Crippen molar-refractivity contribution in [3.63, 3.8) is 0 Å². The molecule has 0 radical (unpaired) electrons. The molecule has 7 aromatic carbocycles. The van der Waals surface area contributed by atoms with E-state index >= 15 is 0 Å². The van der Waals surface area contributed by atoms with Crippen LogP contribution in [-0.4, -0.2) is 217 Å². The van der Waals surface area contributed by atoms with Crippen molar-refractivity contribution in [2.24, 2.45) is 5.90 Å². The molecule has 2 aliphatic heterocycles. The summed E-state index contributed by atoms with van der Waals surface area (Å²) in [7, 11) is -9.17. The lowest BCUT2D eigenvalue weighted by atomic mass is 10.1. The molecular formula is C72H84N10O18S2. The Balaban J connectivity index is 0.700. The van der Waals surface area contributed by atoms with Crippen LogP contribution in [0.1, 0.15) is 44.7 Å². The molecule has 5 amide bonds. The van der Waals surface area contributed by atoms with Gasteiger partial charge in [0, 0.05) is 89.7 Å². The molecule has 542 valence electrons. The van der Waals surface area contributed by atoms with E-state index < -0.39 is 56.2 Å². The molecule has 0 saturated carbocycles. The average Bonchev–Trinajstić information content (AvgIpc) is 0.794. The average molecular weight is 1440 g/mol. The van der Waals surface area contributed by atoms with Gasteiger partial charge in [0.15, 0.2) is 6.04 Å². The Labute approximate surface area is 592 Å². The van der Waals surface area contributed by atoms with E-state index in [1.54, 1.807) is 107 Å². The second-order valence-corrected chi connectivity index (χ2v) is 27.1. The van der Waals surface area contributed by atoms with Crippen LogP contribution < -0.4 is 22.0 Å². The third-order valence-electron chi connectivity index (χ3n) is 16.8. The fourth-order valence-electron chi connectivity index (χ4n) is 11.2. The first-order valence-electron chi connectivity index (χ1n) is 33.2. The Hall–Kier alpha value is -9.54. The van der Waals surface area contributed by atoms with Crippen molar-refractivity contribution in [2.45, 2.75) is 47.9 Å². The fourth-order valence-corrected chi connectivity index (χ4v) is 14.1. The zero-order valence-corrected chi connectivity index (χ0v) is 57.8. The van der Waals surface area contributed by atoms with Crippen LogP contribution in [0.4, 0.5) is 9.59 Å². The van der Waals surface area contributed by atoms with Gasteiger partial charge in [-0.25, -0.2) is 36.7 Å². The predicted molar refractivity (Wildman–Crippen MR) is 373 cm³/mol. The molecule has 28 nitrogen and oxygen atoms in total. The zero-order chi connectivity index (χ0) is 72.1. The number of rotatable bonds is 36. The number of hydrogen-bond donors (Lipinski definition) is 5. The van der Waals surface area contributed by atoms with E-state index in [2.05, 4.69) is 25.3 Å². The van der Waals surface area contributed by atoms with Crippen LogP contribution in [0.2, 0.25) is 0 Å². The van der Waals surface area contributed by atoms with Crippen molar-refractivity contribution in [1.29, 1.82) is 0 Å². The van der Waals surface area contributed by atoms with Crippen LogP contribution in [0.5, 0.6) is 0 Å². The monoisotopic (exact) mass is 1440 g/mol. The highest BCUT2D eigenvalue weighted by atomic mass is 32.2. The van der Waals surface area contributed by atoms with Gasteiger partial charge in [-0.15, -0.1) is 0 Å². The standard InChI is InChI=1S/C72H84N10O18S2/c73-100-70(86)66(33-35-75-72(88)97-54-56-16-7-2-8-17-56)82(102(92,93)64-30-26-60(27-31-64)58-20-11-4-12-21-58)99-51-49-95-47-45-78-38-42-80(43-39-78)69(85)62-23-13-22-61(52-62)68(84)79-40-36-77(37-41-79)44-46-94-48-50-98-81(101(90,91)63-28-24-59(25-29-63)57-18-9-3-10-19-57)65(67(83)76-89)32-34-74-71(87)96-53-55-14-5-1-6-15-55/h1-31,52,65-66,89H,32-51,53-54,73H2,(H,74,87)(H,75,88)(H,76,83)/t65-,66-/m1/s1. The van der Waals surface area contributed by atoms with Gasteiger partial charge in [0.05, 0.1) is 49.4 Å². The maximum Gasteiger partial charge on any atom is 0.407 e. The summed E-state index contributed by atoms with van der Waals surface area (Å²) in [6.07, 6.45) is -2.25. The van der Waals surface area contributed by atoms with Crippen molar-refractivity contribution in [2.75, 3.05) is 118 Å². The number of ether oxygens (including phenoxy) is 4. The molecule has 2 saturated heterocycles. The fraction of sp³-hybridized carbons (Fsp3) is 0.333. The summed E-state index contributed by atoms with van der Waals surface area (Å²) in [5, 5.41) is 14.8. The Morgan fingerprint density at radius 2 is 0.824 bits per heavy atom. The highest BCUT2D eigenvalue weighted by molar-refractivity contribution is 7.89. The van der Waals surface area contributed by atoms with Crippen molar-refractivity contribution in [1.82, 2.24) is 44.7 Å². The number of carbonyl (C=O) groups excluding carboxylic acids is 6. The lowest BCUT2D eigenvalue weighted by Crippen LogP contribution is -2.50. The second kappa shape index (κ2) is 39.0. The summed E-state index contributed by atoms with van der Waals surface area (Å²) in [5.74, 6) is 2.63. The second-order valence-electron chi connectivity index (χ2n) is 23.5.